The number of guanidine groups is 1. The maximum absolute atomic E-state index is 4.64. The van der Waals surface area contributed by atoms with Gasteiger partial charge in [-0.3, -0.25) is 0 Å². The lowest BCUT2D eigenvalue weighted by Crippen LogP contribution is -2.40. The lowest BCUT2D eigenvalue weighted by molar-refractivity contribution is 0.282. The number of hydrogen-bond acceptors (Lipinski definition) is 3. The van der Waals surface area contributed by atoms with Crippen LogP contribution in [0.4, 0.5) is 0 Å². The average Bonchev–Trinajstić information content (AvgIpc) is 2.88. The van der Waals surface area contributed by atoms with Gasteiger partial charge in [0.25, 0.3) is 0 Å². The predicted molar refractivity (Wildman–Crippen MR) is 106 cm³/mol. The van der Waals surface area contributed by atoms with E-state index in [1.165, 1.54) is 30.6 Å². The molecule has 1 aromatic heterocycles. The molecule has 1 aromatic rings. The third-order valence-electron chi connectivity index (χ3n) is 3.99. The van der Waals surface area contributed by atoms with E-state index < -0.39 is 0 Å². The van der Waals surface area contributed by atoms with Gasteiger partial charge < -0.3 is 10.6 Å². The smallest absolute Gasteiger partial charge is 0.191 e. The molecule has 0 spiro atoms. The molecular formula is C16H29IN4S. The number of halogens is 1. The van der Waals surface area contributed by atoms with Gasteiger partial charge in [0.05, 0.1) is 6.54 Å². The first-order valence-corrected chi connectivity index (χ1v) is 8.92. The summed E-state index contributed by atoms with van der Waals surface area (Å²) in [5.74, 6) is 2.59. The van der Waals surface area contributed by atoms with Crippen molar-refractivity contribution < 1.29 is 0 Å². The summed E-state index contributed by atoms with van der Waals surface area (Å²) in [5, 5.41) is 7.91. The largest absolute Gasteiger partial charge is 0.357 e. The van der Waals surface area contributed by atoms with Gasteiger partial charge >= 0.3 is 0 Å². The fourth-order valence-corrected chi connectivity index (χ4v) is 3.66. The third kappa shape index (κ3) is 6.81. The molecular weight excluding hydrogens is 407 g/mol. The van der Waals surface area contributed by atoms with E-state index in [-0.39, 0.29) is 24.0 Å². The van der Waals surface area contributed by atoms with Crippen molar-refractivity contribution in [2.24, 2.45) is 16.8 Å². The van der Waals surface area contributed by atoms with Gasteiger partial charge in [-0.25, -0.2) is 9.98 Å². The van der Waals surface area contributed by atoms with Crippen molar-refractivity contribution >= 4 is 41.3 Å². The van der Waals surface area contributed by atoms with E-state index in [1.807, 2.05) is 6.20 Å². The van der Waals surface area contributed by atoms with E-state index in [2.05, 4.69) is 41.4 Å². The molecule has 1 aliphatic carbocycles. The van der Waals surface area contributed by atoms with Crippen LogP contribution in [0.1, 0.15) is 49.4 Å². The second-order valence-corrected chi connectivity index (χ2v) is 7.40. The molecule has 2 N–H and O–H groups in total. The maximum atomic E-state index is 4.64. The Morgan fingerprint density at radius 2 is 2.23 bits per heavy atom. The molecule has 6 heteroatoms. The highest BCUT2D eigenvalue weighted by Gasteiger charge is 2.18. The Hall–Kier alpha value is -0.370. The number of aromatic nitrogens is 1. The Morgan fingerprint density at radius 3 is 2.86 bits per heavy atom. The summed E-state index contributed by atoms with van der Waals surface area (Å²) in [4.78, 5) is 10.3. The monoisotopic (exact) mass is 436 g/mol. The second-order valence-electron chi connectivity index (χ2n) is 6.08. The van der Waals surface area contributed by atoms with Crippen LogP contribution in [0.3, 0.4) is 0 Å². The molecule has 1 heterocycles. The molecule has 0 radical (unpaired) electrons. The Kier molecular flexibility index (Phi) is 9.31. The molecule has 1 fully saturated rings. The molecule has 2 rings (SSSR count). The summed E-state index contributed by atoms with van der Waals surface area (Å²) in [6.45, 7) is 9.15. The Bertz CT molecular complexity index is 461. The predicted octanol–water partition coefficient (Wildman–Crippen LogP) is 3.95. The van der Waals surface area contributed by atoms with E-state index >= 15 is 0 Å². The number of aliphatic imine (C=N–C) groups is 1. The first-order valence-electron chi connectivity index (χ1n) is 8.10. The lowest BCUT2D eigenvalue weighted by atomic mass is 9.82. The van der Waals surface area contributed by atoms with Crippen molar-refractivity contribution in [2.75, 3.05) is 13.1 Å². The number of nitrogens with zero attached hydrogens (tertiary/aromatic N) is 2. The van der Waals surface area contributed by atoms with Gasteiger partial charge in [0, 0.05) is 24.2 Å². The van der Waals surface area contributed by atoms with Gasteiger partial charge in [-0.05, 0) is 38.5 Å². The quantitative estimate of drug-likeness (QED) is 0.418. The summed E-state index contributed by atoms with van der Waals surface area (Å²) in [7, 11) is 0. The normalized spacial score (nSPS) is 22.0. The molecule has 1 aliphatic rings. The molecule has 2 unspecified atom stereocenters. The Balaban J connectivity index is 0.00000242. The number of thiazole rings is 1. The van der Waals surface area contributed by atoms with Crippen molar-refractivity contribution in [1.29, 1.82) is 0 Å². The molecule has 0 amide bonds. The highest BCUT2D eigenvalue weighted by molar-refractivity contribution is 14.0. The average molecular weight is 436 g/mol. The van der Waals surface area contributed by atoms with Crippen LogP contribution in [0, 0.1) is 18.8 Å². The maximum Gasteiger partial charge on any atom is 0.191 e. The molecule has 0 saturated heterocycles. The minimum atomic E-state index is 0. The first kappa shape index (κ1) is 19.7. The summed E-state index contributed by atoms with van der Waals surface area (Å²) in [6.07, 6.45) is 7.38. The van der Waals surface area contributed by atoms with Crippen LogP contribution in [0.2, 0.25) is 0 Å². The van der Waals surface area contributed by atoms with Gasteiger partial charge in [0.15, 0.2) is 5.96 Å². The number of hydrogen-bond donors (Lipinski definition) is 2. The van der Waals surface area contributed by atoms with Crippen molar-refractivity contribution in [2.45, 2.75) is 53.0 Å². The second kappa shape index (κ2) is 10.4. The van der Waals surface area contributed by atoms with E-state index in [0.717, 1.165) is 35.9 Å². The van der Waals surface area contributed by atoms with E-state index in [1.54, 1.807) is 11.3 Å². The number of rotatable bonds is 5. The molecule has 22 heavy (non-hydrogen) atoms. The van der Waals surface area contributed by atoms with Crippen molar-refractivity contribution in [1.82, 2.24) is 15.6 Å². The van der Waals surface area contributed by atoms with Gasteiger partial charge in [-0.15, -0.1) is 35.3 Å². The minimum absolute atomic E-state index is 0. The number of aryl methyl sites for hydroxylation is 1. The van der Waals surface area contributed by atoms with Crippen LogP contribution >= 0.6 is 35.3 Å². The molecule has 126 valence electrons. The summed E-state index contributed by atoms with van der Waals surface area (Å²) in [6, 6.07) is 0. The fraction of sp³-hybridized carbons (Fsp3) is 0.750. The molecule has 2 atom stereocenters. The molecule has 0 aromatic carbocycles. The highest BCUT2D eigenvalue weighted by atomic mass is 127. The SMILES string of the molecule is CCNC(=NCc1ncc(C)s1)NCC1CCCC(C)C1.I. The minimum Gasteiger partial charge on any atom is -0.357 e. The van der Waals surface area contributed by atoms with Crippen LogP contribution < -0.4 is 10.6 Å². The summed E-state index contributed by atoms with van der Waals surface area (Å²) in [5.41, 5.74) is 0. The Labute approximate surface area is 155 Å². The van der Waals surface area contributed by atoms with Crippen molar-refractivity contribution in [3.05, 3.63) is 16.1 Å². The van der Waals surface area contributed by atoms with Crippen LogP contribution in [-0.4, -0.2) is 24.0 Å². The Morgan fingerprint density at radius 1 is 1.41 bits per heavy atom. The van der Waals surface area contributed by atoms with Gasteiger partial charge in [-0.2, -0.15) is 0 Å². The summed E-state index contributed by atoms with van der Waals surface area (Å²) < 4.78 is 0. The van der Waals surface area contributed by atoms with Gasteiger partial charge in [0.1, 0.15) is 5.01 Å². The van der Waals surface area contributed by atoms with Gasteiger partial charge in [0.2, 0.25) is 0 Å². The topological polar surface area (TPSA) is 49.3 Å². The summed E-state index contributed by atoms with van der Waals surface area (Å²) >= 11 is 1.72. The lowest BCUT2D eigenvalue weighted by Gasteiger charge is -2.27. The zero-order chi connectivity index (χ0) is 15.1. The van der Waals surface area contributed by atoms with E-state index in [4.69, 9.17) is 0 Å². The standard InChI is InChI=1S/C16H28N4S.HI/c1-4-17-16(20-11-15-18-9-13(3)21-15)19-10-14-7-5-6-12(2)8-14;/h9,12,14H,4-8,10-11H2,1-3H3,(H2,17,19,20);1H. The molecule has 0 aliphatic heterocycles. The van der Waals surface area contributed by atoms with Crippen LogP contribution in [0.25, 0.3) is 0 Å². The molecule has 0 bridgehead atoms. The van der Waals surface area contributed by atoms with Crippen LogP contribution in [0.5, 0.6) is 0 Å². The van der Waals surface area contributed by atoms with Crippen LogP contribution in [0.15, 0.2) is 11.2 Å². The molecule has 1 saturated carbocycles. The van der Waals surface area contributed by atoms with Gasteiger partial charge in [-0.1, -0.05) is 19.8 Å². The van der Waals surface area contributed by atoms with E-state index in [0.29, 0.717) is 6.54 Å². The third-order valence-corrected chi connectivity index (χ3v) is 4.89. The zero-order valence-electron chi connectivity index (χ0n) is 13.9. The zero-order valence-corrected chi connectivity index (χ0v) is 17.0. The fourth-order valence-electron chi connectivity index (χ4n) is 2.95. The van der Waals surface area contributed by atoms with Crippen molar-refractivity contribution in [3.8, 4) is 0 Å². The van der Waals surface area contributed by atoms with E-state index in [9.17, 15) is 0 Å². The highest BCUT2D eigenvalue weighted by Crippen LogP contribution is 2.27. The first-order chi connectivity index (χ1) is 10.2. The number of nitrogens with one attached hydrogen (secondary N) is 2. The van der Waals surface area contributed by atoms with Crippen LogP contribution in [-0.2, 0) is 6.54 Å². The molecule has 4 nitrogen and oxygen atoms in total. The van der Waals surface area contributed by atoms with Crippen molar-refractivity contribution in [3.63, 3.8) is 0 Å².